The molecule has 0 saturated heterocycles. The van der Waals surface area contributed by atoms with Gasteiger partial charge in [0, 0.05) is 14.1 Å². The number of rotatable bonds is 2. The molecule has 2 aromatic rings. The molecule has 0 aliphatic heterocycles. The smallest absolute Gasteiger partial charge is 0.242 e. The summed E-state index contributed by atoms with van der Waals surface area (Å²) >= 11 is 1.50. The van der Waals surface area contributed by atoms with Crippen LogP contribution < -0.4 is 0 Å². The molecule has 16 heavy (non-hydrogen) atoms. The van der Waals surface area contributed by atoms with E-state index < -0.39 is 10.0 Å². The van der Waals surface area contributed by atoms with Crippen molar-refractivity contribution in [3.63, 3.8) is 0 Å². The third-order valence-corrected chi connectivity index (χ3v) is 4.99. The summed E-state index contributed by atoms with van der Waals surface area (Å²) in [6, 6.07) is 5.02. The third-order valence-electron chi connectivity index (χ3n) is 2.25. The molecule has 4 nitrogen and oxygen atoms in total. The van der Waals surface area contributed by atoms with Gasteiger partial charge in [0.1, 0.15) is 0 Å². The van der Waals surface area contributed by atoms with Crippen molar-refractivity contribution in [3.05, 3.63) is 23.2 Å². The summed E-state index contributed by atoms with van der Waals surface area (Å²) in [5.74, 6) is 0. The number of benzene rings is 1. The topological polar surface area (TPSA) is 50.3 Å². The molecule has 0 radical (unpaired) electrons. The maximum absolute atomic E-state index is 11.9. The lowest BCUT2D eigenvalue weighted by molar-refractivity contribution is 0.521. The maximum Gasteiger partial charge on any atom is 0.242 e. The van der Waals surface area contributed by atoms with Gasteiger partial charge in [-0.25, -0.2) is 17.7 Å². The molecule has 0 atom stereocenters. The van der Waals surface area contributed by atoms with Crippen molar-refractivity contribution in [2.45, 2.75) is 11.8 Å². The van der Waals surface area contributed by atoms with E-state index in [0.29, 0.717) is 4.90 Å². The molecule has 0 aliphatic rings. The molecule has 0 N–H and O–H groups in total. The summed E-state index contributed by atoms with van der Waals surface area (Å²) < 4.78 is 25.9. The average Bonchev–Trinajstić information content (AvgIpc) is 2.56. The van der Waals surface area contributed by atoms with E-state index in [0.717, 1.165) is 15.2 Å². The predicted octanol–water partition coefficient (Wildman–Crippen LogP) is 1.86. The quantitative estimate of drug-likeness (QED) is 0.824. The average molecular weight is 256 g/mol. The van der Waals surface area contributed by atoms with E-state index in [2.05, 4.69) is 4.98 Å². The zero-order chi connectivity index (χ0) is 11.9. The van der Waals surface area contributed by atoms with Crippen LogP contribution in [0.5, 0.6) is 0 Å². The van der Waals surface area contributed by atoms with Crippen LogP contribution in [0, 0.1) is 6.92 Å². The summed E-state index contributed by atoms with van der Waals surface area (Å²) in [4.78, 5) is 4.60. The maximum atomic E-state index is 11.9. The minimum Gasteiger partial charge on any atom is -0.242 e. The van der Waals surface area contributed by atoms with Crippen LogP contribution in [-0.4, -0.2) is 31.8 Å². The third kappa shape index (κ3) is 1.83. The summed E-state index contributed by atoms with van der Waals surface area (Å²) in [5, 5.41) is 0.939. The molecule has 0 unspecified atom stereocenters. The van der Waals surface area contributed by atoms with Gasteiger partial charge in [-0.15, -0.1) is 11.3 Å². The number of sulfonamides is 1. The first kappa shape index (κ1) is 11.5. The van der Waals surface area contributed by atoms with Gasteiger partial charge in [-0.3, -0.25) is 0 Å². The Bertz CT molecular complexity index is 629. The molecule has 2 rings (SSSR count). The second kappa shape index (κ2) is 3.80. The van der Waals surface area contributed by atoms with Crippen LogP contribution >= 0.6 is 11.3 Å². The summed E-state index contributed by atoms with van der Waals surface area (Å²) in [6.45, 7) is 1.91. The largest absolute Gasteiger partial charge is 0.242 e. The lowest BCUT2D eigenvalue weighted by Crippen LogP contribution is -2.22. The second-order valence-corrected chi connectivity index (χ2v) is 7.04. The fourth-order valence-electron chi connectivity index (χ4n) is 1.39. The van der Waals surface area contributed by atoms with Crippen molar-refractivity contribution >= 4 is 31.6 Å². The van der Waals surface area contributed by atoms with Crippen LogP contribution in [0.1, 0.15) is 5.01 Å². The van der Waals surface area contributed by atoms with Gasteiger partial charge in [0.05, 0.1) is 20.1 Å². The number of aryl methyl sites for hydroxylation is 1. The number of thiazole rings is 1. The van der Waals surface area contributed by atoms with Gasteiger partial charge in [-0.05, 0) is 25.1 Å². The van der Waals surface area contributed by atoms with E-state index in [-0.39, 0.29) is 0 Å². The molecule has 0 aliphatic carbocycles. The first-order chi connectivity index (χ1) is 7.41. The Kier molecular flexibility index (Phi) is 2.73. The number of nitrogens with zero attached hydrogens (tertiary/aromatic N) is 2. The van der Waals surface area contributed by atoms with Crippen LogP contribution in [0.2, 0.25) is 0 Å². The van der Waals surface area contributed by atoms with E-state index in [1.165, 1.54) is 29.7 Å². The second-order valence-electron chi connectivity index (χ2n) is 3.65. The van der Waals surface area contributed by atoms with E-state index in [1.807, 2.05) is 6.92 Å². The first-order valence-corrected chi connectivity index (χ1v) is 6.96. The Morgan fingerprint density at radius 1 is 1.31 bits per heavy atom. The molecule has 1 aromatic carbocycles. The van der Waals surface area contributed by atoms with E-state index in [4.69, 9.17) is 0 Å². The highest BCUT2D eigenvalue weighted by atomic mass is 32.2. The fraction of sp³-hybridized carbons (Fsp3) is 0.300. The molecule has 0 amide bonds. The minimum atomic E-state index is -3.35. The van der Waals surface area contributed by atoms with Gasteiger partial charge < -0.3 is 0 Å². The normalized spacial score (nSPS) is 12.5. The van der Waals surface area contributed by atoms with Crippen LogP contribution in [0.4, 0.5) is 0 Å². The van der Waals surface area contributed by atoms with Crippen LogP contribution in [0.3, 0.4) is 0 Å². The Balaban J connectivity index is 2.63. The number of hydrogen-bond donors (Lipinski definition) is 0. The Hall–Kier alpha value is -0.980. The van der Waals surface area contributed by atoms with Gasteiger partial charge >= 0.3 is 0 Å². The summed E-state index contributed by atoms with van der Waals surface area (Å²) in [6.07, 6.45) is 0. The summed E-state index contributed by atoms with van der Waals surface area (Å²) in [5.41, 5.74) is 0.847. The van der Waals surface area contributed by atoms with Crippen LogP contribution in [0.25, 0.3) is 10.2 Å². The van der Waals surface area contributed by atoms with Crippen molar-refractivity contribution in [2.75, 3.05) is 14.1 Å². The van der Waals surface area contributed by atoms with Gasteiger partial charge in [0.2, 0.25) is 10.0 Å². The highest BCUT2D eigenvalue weighted by Gasteiger charge is 2.17. The van der Waals surface area contributed by atoms with Gasteiger partial charge in [-0.1, -0.05) is 0 Å². The molecule has 0 fully saturated rings. The van der Waals surface area contributed by atoms with Gasteiger partial charge in [0.25, 0.3) is 0 Å². The number of aromatic nitrogens is 1. The van der Waals surface area contributed by atoms with Crippen molar-refractivity contribution < 1.29 is 8.42 Å². The van der Waals surface area contributed by atoms with Crippen LogP contribution in [0.15, 0.2) is 23.1 Å². The van der Waals surface area contributed by atoms with Crippen molar-refractivity contribution in [1.29, 1.82) is 0 Å². The van der Waals surface area contributed by atoms with E-state index in [9.17, 15) is 8.42 Å². The highest BCUT2D eigenvalue weighted by Crippen LogP contribution is 2.25. The number of fused-ring (bicyclic) bond motifs is 1. The monoisotopic (exact) mass is 256 g/mol. The molecular weight excluding hydrogens is 244 g/mol. The Morgan fingerprint density at radius 2 is 2.00 bits per heavy atom. The van der Waals surface area contributed by atoms with Crippen molar-refractivity contribution in [3.8, 4) is 0 Å². The SMILES string of the molecule is Cc1nc2ccc(S(=O)(=O)N(C)C)cc2s1. The van der Waals surface area contributed by atoms with Crippen molar-refractivity contribution in [1.82, 2.24) is 9.29 Å². The Labute approximate surface area is 98.6 Å². The summed E-state index contributed by atoms with van der Waals surface area (Å²) in [7, 11) is -0.296. The lowest BCUT2D eigenvalue weighted by Gasteiger charge is -2.10. The minimum absolute atomic E-state index is 0.314. The molecule has 1 heterocycles. The zero-order valence-corrected chi connectivity index (χ0v) is 10.9. The molecule has 86 valence electrons. The van der Waals surface area contributed by atoms with E-state index >= 15 is 0 Å². The highest BCUT2D eigenvalue weighted by molar-refractivity contribution is 7.89. The fourth-order valence-corrected chi connectivity index (χ4v) is 3.26. The van der Waals surface area contributed by atoms with Gasteiger partial charge in [0.15, 0.2) is 0 Å². The standard InChI is InChI=1S/C10H12N2O2S2/c1-7-11-9-5-4-8(6-10(9)15-7)16(13,14)12(2)3/h4-6H,1-3H3. The molecule has 0 spiro atoms. The van der Waals surface area contributed by atoms with Crippen LogP contribution in [-0.2, 0) is 10.0 Å². The first-order valence-electron chi connectivity index (χ1n) is 4.71. The predicted molar refractivity (Wildman–Crippen MR) is 65.2 cm³/mol. The zero-order valence-electron chi connectivity index (χ0n) is 9.26. The molecular formula is C10H12N2O2S2. The van der Waals surface area contributed by atoms with Gasteiger partial charge in [-0.2, -0.15) is 0 Å². The molecule has 0 saturated carbocycles. The lowest BCUT2D eigenvalue weighted by atomic mass is 10.3. The molecule has 0 bridgehead atoms. The Morgan fingerprint density at radius 3 is 2.62 bits per heavy atom. The molecule has 6 heteroatoms. The molecule has 1 aromatic heterocycles. The number of hydrogen-bond acceptors (Lipinski definition) is 4. The van der Waals surface area contributed by atoms with E-state index in [1.54, 1.807) is 18.2 Å². The van der Waals surface area contributed by atoms with Crippen molar-refractivity contribution in [2.24, 2.45) is 0 Å².